The van der Waals surface area contributed by atoms with E-state index in [1.807, 2.05) is 37.5 Å². The Morgan fingerprint density at radius 3 is 2.84 bits per heavy atom. The average molecular weight is 274 g/mol. The van der Waals surface area contributed by atoms with Crippen LogP contribution in [0, 0.1) is 0 Å². The third-order valence-electron chi connectivity index (χ3n) is 2.74. The van der Waals surface area contributed by atoms with E-state index in [-0.39, 0.29) is 0 Å². The molecule has 19 heavy (non-hydrogen) atoms. The molecule has 0 aliphatic rings. The highest BCUT2D eigenvalue weighted by atomic mass is 32.2. The number of benzene rings is 1. The Labute approximate surface area is 118 Å². The lowest BCUT2D eigenvalue weighted by molar-refractivity contribution is 0.411. The van der Waals surface area contributed by atoms with Crippen LogP contribution in [-0.4, -0.2) is 19.1 Å². The summed E-state index contributed by atoms with van der Waals surface area (Å²) in [5, 5.41) is 4.19. The van der Waals surface area contributed by atoms with Crippen LogP contribution in [0.2, 0.25) is 0 Å². The van der Waals surface area contributed by atoms with Crippen LogP contribution in [0.25, 0.3) is 0 Å². The number of nitrogens with one attached hydrogen (secondary N) is 1. The smallest absolute Gasteiger partial charge is 0.122 e. The molecule has 1 N–H and O–H groups in total. The van der Waals surface area contributed by atoms with Gasteiger partial charge in [0.05, 0.1) is 12.1 Å². The molecule has 2 rings (SSSR count). The van der Waals surface area contributed by atoms with E-state index in [0.717, 1.165) is 23.1 Å². The summed E-state index contributed by atoms with van der Waals surface area (Å²) < 4.78 is 5.41. The van der Waals surface area contributed by atoms with Gasteiger partial charge >= 0.3 is 0 Å². The van der Waals surface area contributed by atoms with Gasteiger partial charge in [0.25, 0.3) is 0 Å². The predicted octanol–water partition coefficient (Wildman–Crippen LogP) is 3.10. The Kier molecular flexibility index (Phi) is 5.24. The number of rotatable bonds is 6. The lowest BCUT2D eigenvalue weighted by Gasteiger charge is -2.10. The molecule has 0 atom stereocenters. The van der Waals surface area contributed by atoms with Crippen LogP contribution in [0.1, 0.15) is 11.1 Å². The average Bonchev–Trinajstić information content (AvgIpc) is 2.47. The fourth-order valence-electron chi connectivity index (χ4n) is 1.84. The first-order chi connectivity index (χ1) is 9.33. The fraction of sp³-hybridized carbons (Fsp3) is 0.267. The molecule has 0 spiro atoms. The third-order valence-corrected chi connectivity index (χ3v) is 3.73. The van der Waals surface area contributed by atoms with E-state index >= 15 is 0 Å². The van der Waals surface area contributed by atoms with E-state index in [1.54, 1.807) is 18.9 Å². The summed E-state index contributed by atoms with van der Waals surface area (Å²) in [6.07, 6.45) is 1.82. The first kappa shape index (κ1) is 13.9. The summed E-state index contributed by atoms with van der Waals surface area (Å²) in [7, 11) is 3.66. The molecule has 4 heteroatoms. The van der Waals surface area contributed by atoms with Crippen molar-refractivity contribution < 1.29 is 4.74 Å². The molecule has 0 saturated heterocycles. The maximum atomic E-state index is 5.41. The van der Waals surface area contributed by atoms with Crippen molar-refractivity contribution in [2.75, 3.05) is 14.2 Å². The van der Waals surface area contributed by atoms with Gasteiger partial charge in [-0.05, 0) is 36.9 Å². The molecule has 1 aromatic heterocycles. The lowest BCUT2D eigenvalue weighted by atomic mass is 10.1. The molecule has 0 amide bonds. The van der Waals surface area contributed by atoms with E-state index in [1.165, 1.54) is 11.1 Å². The van der Waals surface area contributed by atoms with Crippen molar-refractivity contribution in [2.45, 2.75) is 17.3 Å². The van der Waals surface area contributed by atoms with Crippen molar-refractivity contribution in [3.63, 3.8) is 0 Å². The maximum Gasteiger partial charge on any atom is 0.122 e. The monoisotopic (exact) mass is 274 g/mol. The minimum atomic E-state index is 0.859. The largest absolute Gasteiger partial charge is 0.496 e. The van der Waals surface area contributed by atoms with Crippen LogP contribution in [0.15, 0.2) is 47.6 Å². The number of thioether (sulfide) groups is 1. The summed E-state index contributed by atoms with van der Waals surface area (Å²) in [4.78, 5) is 4.32. The molecule has 1 aromatic carbocycles. The third kappa shape index (κ3) is 3.98. The van der Waals surface area contributed by atoms with Gasteiger partial charge in [-0.15, -0.1) is 11.8 Å². The van der Waals surface area contributed by atoms with Crippen molar-refractivity contribution in [1.29, 1.82) is 0 Å². The number of hydrogen-bond donors (Lipinski definition) is 1. The second-order valence-electron chi connectivity index (χ2n) is 4.13. The first-order valence-electron chi connectivity index (χ1n) is 6.17. The highest BCUT2D eigenvalue weighted by Crippen LogP contribution is 2.27. The number of methoxy groups -OCH3 is 1. The Balaban J connectivity index is 2.11. The quantitative estimate of drug-likeness (QED) is 0.821. The Morgan fingerprint density at radius 1 is 1.26 bits per heavy atom. The molecule has 0 bridgehead atoms. The molecule has 0 unspecified atom stereocenters. The molecule has 0 fully saturated rings. The van der Waals surface area contributed by atoms with Crippen molar-refractivity contribution >= 4 is 11.8 Å². The van der Waals surface area contributed by atoms with Gasteiger partial charge < -0.3 is 10.1 Å². The SMILES string of the molecule is CNCc1ccc(OC)c(CSc2ccccn2)c1. The van der Waals surface area contributed by atoms with E-state index in [9.17, 15) is 0 Å². The highest BCUT2D eigenvalue weighted by Gasteiger charge is 2.05. The molecular weight excluding hydrogens is 256 g/mol. The minimum Gasteiger partial charge on any atom is -0.496 e. The van der Waals surface area contributed by atoms with Crippen LogP contribution >= 0.6 is 11.8 Å². The van der Waals surface area contributed by atoms with Crippen LogP contribution in [0.3, 0.4) is 0 Å². The second-order valence-corrected chi connectivity index (χ2v) is 5.13. The van der Waals surface area contributed by atoms with Crippen molar-refractivity contribution in [2.24, 2.45) is 0 Å². The van der Waals surface area contributed by atoms with Crippen molar-refractivity contribution in [3.8, 4) is 5.75 Å². The van der Waals surface area contributed by atoms with E-state index in [4.69, 9.17) is 4.74 Å². The molecule has 2 aromatic rings. The van der Waals surface area contributed by atoms with E-state index in [2.05, 4.69) is 22.4 Å². The van der Waals surface area contributed by atoms with Gasteiger partial charge in [0.1, 0.15) is 5.75 Å². The molecule has 0 saturated carbocycles. The zero-order chi connectivity index (χ0) is 13.5. The topological polar surface area (TPSA) is 34.1 Å². The Bertz CT molecular complexity index is 517. The second kappa shape index (κ2) is 7.16. The summed E-state index contributed by atoms with van der Waals surface area (Å²) >= 11 is 1.72. The lowest BCUT2D eigenvalue weighted by Crippen LogP contribution is -2.05. The molecule has 1 heterocycles. The van der Waals surface area contributed by atoms with Crippen LogP contribution < -0.4 is 10.1 Å². The number of ether oxygens (including phenoxy) is 1. The van der Waals surface area contributed by atoms with E-state index < -0.39 is 0 Å². The van der Waals surface area contributed by atoms with Crippen molar-refractivity contribution in [3.05, 3.63) is 53.7 Å². The standard InChI is InChI=1S/C15H18N2OS/c1-16-10-12-6-7-14(18-2)13(9-12)11-19-15-5-3-4-8-17-15/h3-9,16H,10-11H2,1-2H3. The predicted molar refractivity (Wildman–Crippen MR) is 79.6 cm³/mol. The fourth-order valence-corrected chi connectivity index (χ4v) is 2.68. The highest BCUT2D eigenvalue weighted by molar-refractivity contribution is 7.98. The molecule has 0 aliphatic heterocycles. The van der Waals surface area contributed by atoms with E-state index in [0.29, 0.717) is 0 Å². The number of hydrogen-bond acceptors (Lipinski definition) is 4. The van der Waals surface area contributed by atoms with Gasteiger partial charge in [0.2, 0.25) is 0 Å². The van der Waals surface area contributed by atoms with Gasteiger partial charge in [-0.3, -0.25) is 0 Å². The van der Waals surface area contributed by atoms with Gasteiger partial charge in [-0.25, -0.2) is 4.98 Å². The summed E-state index contributed by atoms with van der Waals surface area (Å²) in [5.41, 5.74) is 2.46. The molecule has 0 aliphatic carbocycles. The molecule has 100 valence electrons. The molecule has 3 nitrogen and oxygen atoms in total. The zero-order valence-corrected chi connectivity index (χ0v) is 12.0. The minimum absolute atomic E-state index is 0.859. The normalized spacial score (nSPS) is 10.4. The summed E-state index contributed by atoms with van der Waals surface area (Å²) in [5.74, 6) is 1.79. The molecular formula is C15H18N2OS. The molecule has 0 radical (unpaired) electrons. The van der Waals surface area contributed by atoms with Crippen LogP contribution in [0.5, 0.6) is 5.75 Å². The van der Waals surface area contributed by atoms with Gasteiger partial charge in [-0.1, -0.05) is 12.1 Å². The number of nitrogens with zero attached hydrogens (tertiary/aromatic N) is 1. The Hall–Kier alpha value is -1.52. The van der Waals surface area contributed by atoms with Gasteiger partial charge in [-0.2, -0.15) is 0 Å². The van der Waals surface area contributed by atoms with Gasteiger partial charge in [0, 0.05) is 24.1 Å². The number of pyridine rings is 1. The van der Waals surface area contributed by atoms with Gasteiger partial charge in [0.15, 0.2) is 0 Å². The summed E-state index contributed by atoms with van der Waals surface area (Å²) in [6, 6.07) is 12.3. The zero-order valence-electron chi connectivity index (χ0n) is 11.2. The summed E-state index contributed by atoms with van der Waals surface area (Å²) in [6.45, 7) is 0.866. The van der Waals surface area contributed by atoms with Crippen LogP contribution in [0.4, 0.5) is 0 Å². The van der Waals surface area contributed by atoms with Crippen molar-refractivity contribution in [1.82, 2.24) is 10.3 Å². The number of aromatic nitrogens is 1. The first-order valence-corrected chi connectivity index (χ1v) is 7.16. The van der Waals surface area contributed by atoms with Crippen LogP contribution in [-0.2, 0) is 12.3 Å². The Morgan fingerprint density at radius 2 is 2.16 bits per heavy atom. The maximum absolute atomic E-state index is 5.41.